The van der Waals surface area contributed by atoms with Crippen LogP contribution in [0.15, 0.2) is 43.0 Å². The number of benzene rings is 2. The SMILES string of the molecule is C=CCCC1CCC(CCC2CCC(c3ccc4cc(CC)ccc4c3F)CC2)CC1. The van der Waals surface area contributed by atoms with Gasteiger partial charge in [0, 0.05) is 5.39 Å². The number of halogens is 1. The van der Waals surface area contributed by atoms with Crippen molar-refractivity contribution in [1.82, 2.24) is 0 Å². The van der Waals surface area contributed by atoms with E-state index in [0.29, 0.717) is 5.92 Å². The molecular weight excluding hydrogens is 379 g/mol. The van der Waals surface area contributed by atoms with Crippen LogP contribution in [0.25, 0.3) is 10.8 Å². The van der Waals surface area contributed by atoms with Crippen LogP contribution in [0, 0.1) is 23.6 Å². The molecule has 1 heteroatoms. The second-order valence-electron chi connectivity index (χ2n) is 10.4. The number of hydrogen-bond donors (Lipinski definition) is 0. The Labute approximate surface area is 189 Å². The van der Waals surface area contributed by atoms with Gasteiger partial charge in [0.2, 0.25) is 0 Å². The standard InChI is InChI=1S/C30H41F/c1-3-5-6-23-7-9-24(10-8-23)11-12-25-13-16-26(17-14-25)28-20-18-27-21-22(4-2)15-19-29(27)30(28)31/h3,15,18-21,23-26H,1,4-14,16-17H2,2H3. The Morgan fingerprint density at radius 2 is 1.45 bits per heavy atom. The molecule has 0 heterocycles. The first-order valence-electron chi connectivity index (χ1n) is 13.0. The fourth-order valence-corrected chi connectivity index (χ4v) is 6.29. The Kier molecular flexibility index (Phi) is 7.86. The van der Waals surface area contributed by atoms with Crippen LogP contribution in [0.1, 0.15) is 101 Å². The van der Waals surface area contributed by atoms with E-state index in [2.05, 4.69) is 43.8 Å². The van der Waals surface area contributed by atoms with E-state index in [-0.39, 0.29) is 5.82 Å². The predicted octanol–water partition coefficient (Wildman–Crippen LogP) is 9.37. The van der Waals surface area contributed by atoms with Gasteiger partial charge >= 0.3 is 0 Å². The average Bonchev–Trinajstić information content (AvgIpc) is 2.82. The van der Waals surface area contributed by atoms with E-state index in [1.165, 1.54) is 69.8 Å². The zero-order chi connectivity index (χ0) is 21.6. The lowest BCUT2D eigenvalue weighted by Gasteiger charge is -2.32. The highest BCUT2D eigenvalue weighted by atomic mass is 19.1. The van der Waals surface area contributed by atoms with E-state index in [1.54, 1.807) is 0 Å². The van der Waals surface area contributed by atoms with Gasteiger partial charge in [-0.2, -0.15) is 0 Å². The summed E-state index contributed by atoms with van der Waals surface area (Å²) in [6, 6.07) is 10.4. The van der Waals surface area contributed by atoms with E-state index in [4.69, 9.17) is 0 Å². The molecule has 0 aliphatic heterocycles. The van der Waals surface area contributed by atoms with Crippen LogP contribution < -0.4 is 0 Å². The largest absolute Gasteiger partial charge is 0.206 e. The van der Waals surface area contributed by atoms with Crippen molar-refractivity contribution < 1.29 is 4.39 Å². The molecule has 0 atom stereocenters. The topological polar surface area (TPSA) is 0 Å². The van der Waals surface area contributed by atoms with Crippen LogP contribution in [0.4, 0.5) is 4.39 Å². The number of aryl methyl sites for hydroxylation is 1. The molecule has 0 N–H and O–H groups in total. The summed E-state index contributed by atoms with van der Waals surface area (Å²) in [4.78, 5) is 0. The molecule has 31 heavy (non-hydrogen) atoms. The minimum atomic E-state index is 0.0387. The molecular formula is C30H41F. The van der Waals surface area contributed by atoms with E-state index >= 15 is 4.39 Å². The van der Waals surface area contributed by atoms with E-state index in [0.717, 1.165) is 53.4 Å². The third-order valence-corrected chi connectivity index (χ3v) is 8.47. The maximum Gasteiger partial charge on any atom is 0.134 e. The zero-order valence-corrected chi connectivity index (χ0v) is 19.6. The Hall–Kier alpha value is -1.63. The van der Waals surface area contributed by atoms with Gasteiger partial charge in [-0.15, -0.1) is 6.58 Å². The molecule has 0 radical (unpaired) electrons. The molecule has 2 aliphatic rings. The van der Waals surface area contributed by atoms with Gasteiger partial charge in [-0.1, -0.05) is 81.9 Å². The van der Waals surface area contributed by atoms with Gasteiger partial charge in [-0.25, -0.2) is 4.39 Å². The summed E-state index contributed by atoms with van der Waals surface area (Å²) < 4.78 is 15.3. The molecule has 0 spiro atoms. The average molecular weight is 421 g/mol. The highest BCUT2D eigenvalue weighted by molar-refractivity contribution is 5.84. The van der Waals surface area contributed by atoms with Gasteiger partial charge in [0.25, 0.3) is 0 Å². The van der Waals surface area contributed by atoms with Crippen LogP contribution in [0.3, 0.4) is 0 Å². The van der Waals surface area contributed by atoms with Crippen molar-refractivity contribution in [2.24, 2.45) is 17.8 Å². The van der Waals surface area contributed by atoms with Gasteiger partial charge in [0.1, 0.15) is 5.82 Å². The smallest absolute Gasteiger partial charge is 0.134 e. The normalized spacial score (nSPS) is 26.8. The summed E-state index contributed by atoms with van der Waals surface area (Å²) in [6.45, 7) is 6.02. The maximum absolute atomic E-state index is 15.3. The van der Waals surface area contributed by atoms with Gasteiger partial charge in [-0.3, -0.25) is 0 Å². The molecule has 168 valence electrons. The van der Waals surface area contributed by atoms with Gasteiger partial charge in [-0.05, 0) is 85.1 Å². The van der Waals surface area contributed by atoms with Crippen molar-refractivity contribution in [3.63, 3.8) is 0 Å². The molecule has 2 aliphatic carbocycles. The van der Waals surface area contributed by atoms with Gasteiger partial charge in [0.15, 0.2) is 0 Å². The summed E-state index contributed by atoms with van der Waals surface area (Å²) in [5, 5.41) is 1.86. The lowest BCUT2D eigenvalue weighted by Crippen LogP contribution is -2.18. The monoisotopic (exact) mass is 420 g/mol. The first-order chi connectivity index (χ1) is 15.2. The van der Waals surface area contributed by atoms with Crippen LogP contribution in [0.2, 0.25) is 0 Å². The fraction of sp³-hybridized carbons (Fsp3) is 0.600. The molecule has 0 bridgehead atoms. The molecule has 0 saturated heterocycles. The van der Waals surface area contributed by atoms with E-state index < -0.39 is 0 Å². The van der Waals surface area contributed by atoms with Crippen molar-refractivity contribution in [2.75, 3.05) is 0 Å². The number of allylic oxidation sites excluding steroid dienone is 1. The third-order valence-electron chi connectivity index (χ3n) is 8.47. The van der Waals surface area contributed by atoms with Crippen molar-refractivity contribution >= 4 is 10.8 Å². The Bertz CT molecular complexity index is 850. The predicted molar refractivity (Wildman–Crippen MR) is 132 cm³/mol. The van der Waals surface area contributed by atoms with Crippen LogP contribution in [-0.2, 0) is 6.42 Å². The van der Waals surface area contributed by atoms with E-state index in [9.17, 15) is 0 Å². The van der Waals surface area contributed by atoms with Crippen LogP contribution in [-0.4, -0.2) is 0 Å². The van der Waals surface area contributed by atoms with Crippen molar-refractivity contribution in [2.45, 2.75) is 96.3 Å². The molecule has 2 saturated carbocycles. The zero-order valence-electron chi connectivity index (χ0n) is 19.6. The second-order valence-corrected chi connectivity index (χ2v) is 10.4. The lowest BCUT2D eigenvalue weighted by atomic mass is 9.73. The highest BCUT2D eigenvalue weighted by Crippen LogP contribution is 2.41. The molecule has 0 unspecified atom stereocenters. The molecule has 0 amide bonds. The number of rotatable bonds is 8. The van der Waals surface area contributed by atoms with Crippen LogP contribution in [0.5, 0.6) is 0 Å². The Morgan fingerprint density at radius 1 is 0.839 bits per heavy atom. The fourth-order valence-electron chi connectivity index (χ4n) is 6.29. The van der Waals surface area contributed by atoms with Gasteiger partial charge < -0.3 is 0 Å². The van der Waals surface area contributed by atoms with Gasteiger partial charge in [0.05, 0.1) is 0 Å². The molecule has 2 aromatic carbocycles. The summed E-state index contributed by atoms with van der Waals surface area (Å²) >= 11 is 0. The molecule has 0 aromatic heterocycles. The summed E-state index contributed by atoms with van der Waals surface area (Å²) in [6.07, 6.45) is 19.1. The molecule has 2 aromatic rings. The Balaban J connectivity index is 1.25. The summed E-state index contributed by atoms with van der Waals surface area (Å²) in [5.41, 5.74) is 2.25. The molecule has 4 rings (SSSR count). The summed E-state index contributed by atoms with van der Waals surface area (Å²) in [7, 11) is 0. The number of fused-ring (bicyclic) bond motifs is 1. The molecule has 0 nitrogen and oxygen atoms in total. The van der Waals surface area contributed by atoms with Crippen molar-refractivity contribution in [3.05, 3.63) is 59.9 Å². The minimum absolute atomic E-state index is 0.0387. The lowest BCUT2D eigenvalue weighted by molar-refractivity contribution is 0.225. The highest BCUT2D eigenvalue weighted by Gasteiger charge is 2.27. The maximum atomic E-state index is 15.3. The van der Waals surface area contributed by atoms with Crippen LogP contribution >= 0.6 is 0 Å². The third kappa shape index (κ3) is 5.60. The second kappa shape index (κ2) is 10.8. The summed E-state index contributed by atoms with van der Waals surface area (Å²) in [5.74, 6) is 3.23. The minimum Gasteiger partial charge on any atom is -0.206 e. The van der Waals surface area contributed by atoms with E-state index in [1.807, 2.05) is 6.07 Å². The first kappa shape index (κ1) is 22.6. The number of hydrogen-bond acceptors (Lipinski definition) is 0. The quantitative estimate of drug-likeness (QED) is 0.373. The Morgan fingerprint density at radius 3 is 2.06 bits per heavy atom. The molecule has 2 fully saturated rings. The van der Waals surface area contributed by atoms with Crippen molar-refractivity contribution in [1.29, 1.82) is 0 Å². The van der Waals surface area contributed by atoms with Crippen molar-refractivity contribution in [3.8, 4) is 0 Å². The first-order valence-corrected chi connectivity index (χ1v) is 13.0.